The van der Waals surface area contributed by atoms with E-state index in [1.807, 2.05) is 18.2 Å². The second kappa shape index (κ2) is 4.89. The van der Waals surface area contributed by atoms with Gasteiger partial charge >= 0.3 is 0 Å². The van der Waals surface area contributed by atoms with Gasteiger partial charge < -0.3 is 10.6 Å². The third-order valence-electron chi connectivity index (χ3n) is 2.56. The van der Waals surface area contributed by atoms with Crippen molar-refractivity contribution in [2.24, 2.45) is 0 Å². The predicted octanol–water partition coefficient (Wildman–Crippen LogP) is 0.450. The molecule has 1 atom stereocenters. The molecule has 2 N–H and O–H groups in total. The van der Waals surface area contributed by atoms with Gasteiger partial charge in [0, 0.05) is 31.7 Å². The van der Waals surface area contributed by atoms with E-state index in [0.717, 1.165) is 25.2 Å². The number of carbonyl (C=O) groups excluding carboxylic acids is 1. The summed E-state index contributed by atoms with van der Waals surface area (Å²) in [7, 11) is 0. The lowest BCUT2D eigenvalue weighted by Crippen LogP contribution is -2.45. The first kappa shape index (κ1) is 10.1. The first-order valence-corrected chi connectivity index (χ1v) is 5.24. The average molecular weight is 205 g/mol. The highest BCUT2D eigenvalue weighted by molar-refractivity contribution is 5.76. The lowest BCUT2D eigenvalue weighted by atomic mass is 10.1. The SMILES string of the molecule is O=C1CCC(NCc2ccccn2)CN1. The molecule has 0 aliphatic carbocycles. The number of pyridine rings is 1. The van der Waals surface area contributed by atoms with Gasteiger partial charge in [0.15, 0.2) is 0 Å². The zero-order chi connectivity index (χ0) is 10.5. The minimum Gasteiger partial charge on any atom is -0.355 e. The van der Waals surface area contributed by atoms with Crippen molar-refractivity contribution >= 4 is 5.91 Å². The highest BCUT2D eigenvalue weighted by Crippen LogP contribution is 2.03. The van der Waals surface area contributed by atoms with Crippen molar-refractivity contribution in [1.29, 1.82) is 0 Å². The molecular weight excluding hydrogens is 190 g/mol. The number of rotatable bonds is 3. The number of amides is 1. The Labute approximate surface area is 89.1 Å². The van der Waals surface area contributed by atoms with Gasteiger partial charge in [-0.1, -0.05) is 6.07 Å². The summed E-state index contributed by atoms with van der Waals surface area (Å²) in [6, 6.07) is 6.26. The molecule has 1 aromatic heterocycles. The summed E-state index contributed by atoms with van der Waals surface area (Å²) in [5.74, 6) is 0.158. The Morgan fingerprint density at radius 1 is 1.53 bits per heavy atom. The predicted molar refractivity (Wildman–Crippen MR) is 57.1 cm³/mol. The topological polar surface area (TPSA) is 54.0 Å². The van der Waals surface area contributed by atoms with Crippen LogP contribution in [-0.4, -0.2) is 23.5 Å². The summed E-state index contributed by atoms with van der Waals surface area (Å²) in [5.41, 5.74) is 1.04. The normalized spacial score (nSPS) is 21.1. The van der Waals surface area contributed by atoms with E-state index in [1.54, 1.807) is 6.20 Å². The van der Waals surface area contributed by atoms with Gasteiger partial charge in [0.25, 0.3) is 0 Å². The molecule has 0 spiro atoms. The van der Waals surface area contributed by atoms with Crippen molar-refractivity contribution in [1.82, 2.24) is 15.6 Å². The van der Waals surface area contributed by atoms with Crippen LogP contribution in [0.25, 0.3) is 0 Å². The molecule has 0 radical (unpaired) electrons. The molecule has 4 nitrogen and oxygen atoms in total. The van der Waals surface area contributed by atoms with Crippen molar-refractivity contribution in [3.63, 3.8) is 0 Å². The molecule has 2 rings (SSSR count). The molecule has 15 heavy (non-hydrogen) atoms. The number of aromatic nitrogens is 1. The van der Waals surface area contributed by atoms with Gasteiger partial charge in [-0.2, -0.15) is 0 Å². The fourth-order valence-electron chi connectivity index (χ4n) is 1.66. The van der Waals surface area contributed by atoms with Crippen LogP contribution in [0.15, 0.2) is 24.4 Å². The number of nitrogens with one attached hydrogen (secondary N) is 2. The van der Waals surface area contributed by atoms with Crippen molar-refractivity contribution in [2.75, 3.05) is 6.54 Å². The summed E-state index contributed by atoms with van der Waals surface area (Å²) in [4.78, 5) is 15.2. The summed E-state index contributed by atoms with van der Waals surface area (Å²) in [6.45, 7) is 1.49. The molecule has 80 valence electrons. The quantitative estimate of drug-likeness (QED) is 0.753. The molecule has 1 aromatic rings. The Balaban J connectivity index is 1.77. The number of hydrogen-bond acceptors (Lipinski definition) is 3. The first-order chi connectivity index (χ1) is 7.34. The lowest BCUT2D eigenvalue weighted by molar-refractivity contribution is -0.122. The smallest absolute Gasteiger partial charge is 0.220 e. The Morgan fingerprint density at radius 3 is 3.13 bits per heavy atom. The van der Waals surface area contributed by atoms with E-state index >= 15 is 0 Å². The van der Waals surface area contributed by atoms with Crippen molar-refractivity contribution in [2.45, 2.75) is 25.4 Å². The van der Waals surface area contributed by atoms with Crippen LogP contribution in [-0.2, 0) is 11.3 Å². The van der Waals surface area contributed by atoms with Crippen LogP contribution >= 0.6 is 0 Å². The summed E-state index contributed by atoms with van der Waals surface area (Å²) in [5, 5.41) is 6.23. The maximum Gasteiger partial charge on any atom is 0.220 e. The molecule has 1 aliphatic rings. The Hall–Kier alpha value is -1.42. The van der Waals surface area contributed by atoms with Gasteiger partial charge in [0.1, 0.15) is 0 Å². The fourth-order valence-corrected chi connectivity index (χ4v) is 1.66. The van der Waals surface area contributed by atoms with E-state index in [-0.39, 0.29) is 5.91 Å². The highest BCUT2D eigenvalue weighted by Gasteiger charge is 2.16. The lowest BCUT2D eigenvalue weighted by Gasteiger charge is -2.23. The number of hydrogen-bond donors (Lipinski definition) is 2. The molecule has 1 unspecified atom stereocenters. The minimum absolute atomic E-state index is 0.158. The van der Waals surface area contributed by atoms with Crippen LogP contribution in [0.3, 0.4) is 0 Å². The van der Waals surface area contributed by atoms with Crippen LogP contribution < -0.4 is 10.6 Å². The second-order valence-corrected chi connectivity index (χ2v) is 3.74. The largest absolute Gasteiger partial charge is 0.355 e. The van der Waals surface area contributed by atoms with Gasteiger partial charge in [0.2, 0.25) is 5.91 Å². The van der Waals surface area contributed by atoms with Gasteiger partial charge in [-0.15, -0.1) is 0 Å². The van der Waals surface area contributed by atoms with Crippen molar-refractivity contribution in [3.8, 4) is 0 Å². The minimum atomic E-state index is 0.158. The van der Waals surface area contributed by atoms with Gasteiger partial charge in [0.05, 0.1) is 5.69 Å². The average Bonchev–Trinajstić information content (AvgIpc) is 2.30. The van der Waals surface area contributed by atoms with E-state index in [2.05, 4.69) is 15.6 Å². The molecule has 0 aromatic carbocycles. The molecule has 1 saturated heterocycles. The van der Waals surface area contributed by atoms with E-state index in [9.17, 15) is 4.79 Å². The molecule has 0 saturated carbocycles. The van der Waals surface area contributed by atoms with E-state index < -0.39 is 0 Å². The van der Waals surface area contributed by atoms with E-state index in [4.69, 9.17) is 0 Å². The van der Waals surface area contributed by atoms with E-state index in [0.29, 0.717) is 12.5 Å². The third-order valence-corrected chi connectivity index (χ3v) is 2.56. The number of piperidine rings is 1. The molecule has 1 aliphatic heterocycles. The number of nitrogens with zero attached hydrogens (tertiary/aromatic N) is 1. The van der Waals surface area contributed by atoms with Crippen LogP contribution in [0.2, 0.25) is 0 Å². The van der Waals surface area contributed by atoms with Gasteiger partial charge in [-0.05, 0) is 18.6 Å². The monoisotopic (exact) mass is 205 g/mol. The maximum absolute atomic E-state index is 10.9. The Kier molecular flexibility index (Phi) is 3.29. The zero-order valence-corrected chi connectivity index (χ0v) is 8.57. The van der Waals surface area contributed by atoms with Crippen LogP contribution in [0.1, 0.15) is 18.5 Å². The Bertz CT molecular complexity index is 316. The van der Waals surface area contributed by atoms with Gasteiger partial charge in [-0.25, -0.2) is 0 Å². The molecule has 0 bridgehead atoms. The maximum atomic E-state index is 10.9. The summed E-state index contributed by atoms with van der Waals surface area (Å²) >= 11 is 0. The molecule has 2 heterocycles. The summed E-state index contributed by atoms with van der Waals surface area (Å²) < 4.78 is 0. The highest BCUT2D eigenvalue weighted by atomic mass is 16.1. The molecule has 4 heteroatoms. The standard InChI is InChI=1S/C11H15N3O/c15-11-5-4-10(8-14-11)13-7-9-3-1-2-6-12-9/h1-3,6,10,13H,4-5,7-8H2,(H,14,15). The molecular formula is C11H15N3O. The Morgan fingerprint density at radius 2 is 2.47 bits per heavy atom. The second-order valence-electron chi connectivity index (χ2n) is 3.74. The fraction of sp³-hybridized carbons (Fsp3) is 0.455. The van der Waals surface area contributed by atoms with Crippen LogP contribution in [0.5, 0.6) is 0 Å². The van der Waals surface area contributed by atoms with Gasteiger partial charge in [-0.3, -0.25) is 9.78 Å². The van der Waals surface area contributed by atoms with E-state index in [1.165, 1.54) is 0 Å². The third kappa shape index (κ3) is 3.02. The summed E-state index contributed by atoms with van der Waals surface area (Å²) in [6.07, 6.45) is 3.33. The van der Waals surface area contributed by atoms with Crippen molar-refractivity contribution < 1.29 is 4.79 Å². The van der Waals surface area contributed by atoms with Crippen LogP contribution in [0, 0.1) is 0 Å². The van der Waals surface area contributed by atoms with Crippen molar-refractivity contribution in [3.05, 3.63) is 30.1 Å². The first-order valence-electron chi connectivity index (χ1n) is 5.24. The number of carbonyl (C=O) groups is 1. The molecule has 1 fully saturated rings. The van der Waals surface area contributed by atoms with Crippen LogP contribution in [0.4, 0.5) is 0 Å². The molecule has 1 amide bonds. The zero-order valence-electron chi connectivity index (χ0n) is 8.57.